The number of nitrogens with two attached hydrogens (primary N) is 1. The van der Waals surface area contributed by atoms with Crippen molar-refractivity contribution in [1.82, 2.24) is 4.90 Å². The van der Waals surface area contributed by atoms with Gasteiger partial charge in [0.2, 0.25) is 5.91 Å². The van der Waals surface area contributed by atoms with Gasteiger partial charge in [0.1, 0.15) is 0 Å². The fourth-order valence-electron chi connectivity index (χ4n) is 3.07. The minimum Gasteiger partial charge on any atom is -0.378 e. The second kappa shape index (κ2) is 5.63. The highest BCUT2D eigenvalue weighted by atomic mass is 16.5. The van der Waals surface area contributed by atoms with Crippen LogP contribution in [-0.2, 0) is 19.9 Å². The van der Waals surface area contributed by atoms with Crippen molar-refractivity contribution in [1.29, 1.82) is 0 Å². The summed E-state index contributed by atoms with van der Waals surface area (Å²) in [4.78, 5) is 26.1. The van der Waals surface area contributed by atoms with Gasteiger partial charge < -0.3 is 15.4 Å². The van der Waals surface area contributed by atoms with Crippen molar-refractivity contribution in [3.63, 3.8) is 0 Å². The van der Waals surface area contributed by atoms with E-state index >= 15 is 0 Å². The van der Waals surface area contributed by atoms with E-state index in [4.69, 9.17) is 10.5 Å². The number of carbonyl (C=O) groups excluding carboxylic acids is 2. The molecular weight excluding hydrogens is 256 g/mol. The van der Waals surface area contributed by atoms with Crippen molar-refractivity contribution in [2.75, 3.05) is 13.7 Å². The molecule has 1 aliphatic heterocycles. The summed E-state index contributed by atoms with van der Waals surface area (Å²) in [7, 11) is 1.55. The molecule has 2 rings (SSSR count). The molecule has 1 saturated heterocycles. The number of hydrogen-bond acceptors (Lipinski definition) is 3. The molecule has 1 heterocycles. The van der Waals surface area contributed by atoms with Crippen LogP contribution in [0.5, 0.6) is 0 Å². The highest BCUT2D eigenvalue weighted by Crippen LogP contribution is 2.40. The molecule has 20 heavy (non-hydrogen) atoms. The van der Waals surface area contributed by atoms with Crippen molar-refractivity contribution in [3.8, 4) is 0 Å². The number of nitrogens with zero attached hydrogens (tertiary/aromatic N) is 1. The second-order valence-electron chi connectivity index (χ2n) is 4.91. The lowest BCUT2D eigenvalue weighted by molar-refractivity contribution is -0.149. The van der Waals surface area contributed by atoms with Crippen LogP contribution in [0.4, 0.5) is 0 Å². The summed E-state index contributed by atoms with van der Waals surface area (Å²) in [6.07, 6.45) is 0.510. The zero-order valence-corrected chi connectivity index (χ0v) is 11.8. The Labute approximate surface area is 118 Å². The highest BCUT2D eigenvalue weighted by Gasteiger charge is 2.56. The van der Waals surface area contributed by atoms with Crippen molar-refractivity contribution < 1.29 is 14.3 Å². The van der Waals surface area contributed by atoms with Crippen LogP contribution in [0.25, 0.3) is 0 Å². The summed E-state index contributed by atoms with van der Waals surface area (Å²) in [6.45, 7) is 2.25. The van der Waals surface area contributed by atoms with Crippen molar-refractivity contribution >= 4 is 11.8 Å². The first-order chi connectivity index (χ1) is 9.58. The molecule has 1 aromatic carbocycles. The number of methoxy groups -OCH3 is 1. The lowest BCUT2D eigenvalue weighted by Gasteiger charge is -2.39. The van der Waals surface area contributed by atoms with E-state index in [9.17, 15) is 9.59 Å². The third kappa shape index (κ3) is 1.98. The average Bonchev–Trinajstić information content (AvgIpc) is 2.87. The monoisotopic (exact) mass is 276 g/mol. The Kier molecular flexibility index (Phi) is 4.09. The van der Waals surface area contributed by atoms with Crippen molar-refractivity contribution in [2.45, 2.75) is 31.4 Å². The van der Waals surface area contributed by atoms with Crippen LogP contribution in [0.2, 0.25) is 0 Å². The smallest absolute Gasteiger partial charge is 0.250 e. The fraction of sp³-hybridized carbons (Fsp3) is 0.467. The average molecular weight is 276 g/mol. The molecule has 2 unspecified atom stereocenters. The maximum absolute atomic E-state index is 12.3. The highest BCUT2D eigenvalue weighted by molar-refractivity contribution is 5.93. The Bertz CT molecular complexity index is 503. The lowest BCUT2D eigenvalue weighted by Crippen LogP contribution is -2.58. The van der Waals surface area contributed by atoms with Gasteiger partial charge in [-0.3, -0.25) is 9.59 Å². The van der Waals surface area contributed by atoms with E-state index in [0.29, 0.717) is 24.9 Å². The molecular formula is C15H20N2O3. The largest absolute Gasteiger partial charge is 0.378 e. The first-order valence-electron chi connectivity index (χ1n) is 6.77. The quantitative estimate of drug-likeness (QED) is 0.892. The maximum atomic E-state index is 12.3. The van der Waals surface area contributed by atoms with Gasteiger partial charge in [-0.15, -0.1) is 0 Å². The topological polar surface area (TPSA) is 72.6 Å². The second-order valence-corrected chi connectivity index (χ2v) is 4.91. The summed E-state index contributed by atoms with van der Waals surface area (Å²) in [6, 6.07) is 9.16. The molecule has 2 amide bonds. The van der Waals surface area contributed by atoms with Crippen molar-refractivity contribution in [3.05, 3.63) is 35.9 Å². The Morgan fingerprint density at radius 2 is 2.05 bits per heavy atom. The van der Waals surface area contributed by atoms with Crippen LogP contribution in [0.1, 0.15) is 25.3 Å². The number of amides is 2. The zero-order chi connectivity index (χ0) is 14.8. The SMILES string of the molecule is CCC(=O)N1CCC(OC)C1(C(N)=O)c1ccccc1. The summed E-state index contributed by atoms with van der Waals surface area (Å²) in [5, 5.41) is 0. The molecule has 1 aromatic rings. The number of hydrogen-bond donors (Lipinski definition) is 1. The van der Waals surface area contributed by atoms with Gasteiger partial charge in [0.25, 0.3) is 5.91 Å². The molecule has 0 bridgehead atoms. The number of carbonyl (C=O) groups is 2. The molecule has 1 fully saturated rings. The third-order valence-electron chi connectivity index (χ3n) is 3.98. The predicted molar refractivity (Wildman–Crippen MR) is 74.7 cm³/mol. The first kappa shape index (κ1) is 14.5. The Morgan fingerprint density at radius 1 is 1.40 bits per heavy atom. The number of ether oxygens (including phenoxy) is 1. The number of likely N-dealkylation sites (tertiary alicyclic amines) is 1. The zero-order valence-electron chi connectivity index (χ0n) is 11.8. The van der Waals surface area contributed by atoms with E-state index in [1.165, 1.54) is 0 Å². The van der Waals surface area contributed by atoms with E-state index in [-0.39, 0.29) is 5.91 Å². The molecule has 0 radical (unpaired) electrons. The number of rotatable bonds is 4. The number of benzene rings is 1. The molecule has 0 saturated carbocycles. The van der Waals surface area contributed by atoms with Crippen LogP contribution >= 0.6 is 0 Å². The van der Waals surface area contributed by atoms with Gasteiger partial charge in [0, 0.05) is 20.1 Å². The Morgan fingerprint density at radius 3 is 2.55 bits per heavy atom. The van der Waals surface area contributed by atoms with E-state index < -0.39 is 17.6 Å². The van der Waals surface area contributed by atoms with E-state index in [0.717, 1.165) is 0 Å². The molecule has 0 spiro atoms. The van der Waals surface area contributed by atoms with Gasteiger partial charge in [0.15, 0.2) is 5.54 Å². The third-order valence-corrected chi connectivity index (χ3v) is 3.98. The molecule has 1 aliphatic rings. The lowest BCUT2D eigenvalue weighted by atomic mass is 9.83. The van der Waals surface area contributed by atoms with Crippen LogP contribution in [-0.4, -0.2) is 36.5 Å². The molecule has 5 nitrogen and oxygen atoms in total. The predicted octanol–water partition coefficient (Wildman–Crippen LogP) is 1.02. The van der Waals surface area contributed by atoms with E-state index in [1.807, 2.05) is 30.3 Å². The van der Waals surface area contributed by atoms with Crippen LogP contribution < -0.4 is 5.73 Å². The van der Waals surface area contributed by atoms with Gasteiger partial charge in [-0.2, -0.15) is 0 Å². The molecule has 2 N–H and O–H groups in total. The number of primary amides is 1. The van der Waals surface area contributed by atoms with Crippen LogP contribution in [0.15, 0.2) is 30.3 Å². The first-order valence-corrected chi connectivity index (χ1v) is 6.77. The minimum atomic E-state index is -1.21. The summed E-state index contributed by atoms with van der Waals surface area (Å²) in [5.74, 6) is -0.637. The molecule has 2 atom stereocenters. The minimum absolute atomic E-state index is 0.0906. The van der Waals surface area contributed by atoms with Gasteiger partial charge in [-0.25, -0.2) is 0 Å². The van der Waals surface area contributed by atoms with Gasteiger partial charge in [-0.1, -0.05) is 37.3 Å². The molecule has 5 heteroatoms. The van der Waals surface area contributed by atoms with E-state index in [2.05, 4.69) is 0 Å². The summed E-state index contributed by atoms with van der Waals surface area (Å²) >= 11 is 0. The fourth-order valence-corrected chi connectivity index (χ4v) is 3.07. The summed E-state index contributed by atoms with van der Waals surface area (Å²) < 4.78 is 5.47. The molecule has 0 aromatic heterocycles. The van der Waals surface area contributed by atoms with Crippen molar-refractivity contribution in [2.24, 2.45) is 5.73 Å². The maximum Gasteiger partial charge on any atom is 0.250 e. The van der Waals surface area contributed by atoms with Crippen LogP contribution in [0.3, 0.4) is 0 Å². The van der Waals surface area contributed by atoms with E-state index in [1.54, 1.807) is 18.9 Å². The standard InChI is InChI=1S/C15H20N2O3/c1-3-13(18)17-10-9-12(20-2)15(17,14(16)19)11-7-5-4-6-8-11/h4-8,12H,3,9-10H2,1-2H3,(H2,16,19). The summed E-state index contributed by atoms with van der Waals surface area (Å²) in [5.41, 5.74) is 5.20. The van der Waals surface area contributed by atoms with Gasteiger partial charge >= 0.3 is 0 Å². The van der Waals surface area contributed by atoms with Crippen LogP contribution in [0, 0.1) is 0 Å². The Balaban J connectivity index is 2.61. The molecule has 108 valence electrons. The molecule has 0 aliphatic carbocycles. The Hall–Kier alpha value is -1.88. The van der Waals surface area contributed by atoms with Gasteiger partial charge in [0.05, 0.1) is 6.10 Å². The normalized spacial score (nSPS) is 25.7. The van der Waals surface area contributed by atoms with Gasteiger partial charge in [-0.05, 0) is 12.0 Å².